The second-order valence-electron chi connectivity index (χ2n) is 3.77. The summed E-state index contributed by atoms with van der Waals surface area (Å²) in [5.74, 6) is 0.446. The summed E-state index contributed by atoms with van der Waals surface area (Å²) in [5.41, 5.74) is 0.735. The van der Waals surface area contributed by atoms with Crippen molar-refractivity contribution in [3.8, 4) is 5.75 Å². The second kappa shape index (κ2) is 4.51. The van der Waals surface area contributed by atoms with E-state index in [-0.39, 0.29) is 11.7 Å². The Labute approximate surface area is 93.8 Å². The highest BCUT2D eigenvalue weighted by atomic mass is 19.1. The minimum absolute atomic E-state index is 0.0701. The predicted molar refractivity (Wildman–Crippen MR) is 57.6 cm³/mol. The minimum Gasteiger partial charge on any atom is -0.491 e. The maximum atomic E-state index is 13.1. The van der Waals surface area contributed by atoms with E-state index >= 15 is 0 Å². The van der Waals surface area contributed by atoms with Crippen LogP contribution in [-0.4, -0.2) is 24.0 Å². The summed E-state index contributed by atoms with van der Waals surface area (Å²) in [6.45, 7) is 3.27. The molecule has 0 fully saturated rings. The third-order valence-corrected chi connectivity index (χ3v) is 2.66. The molecule has 0 bridgehead atoms. The zero-order valence-electron chi connectivity index (χ0n) is 9.20. The molecular weight excluding hydrogens is 209 g/mol. The number of ether oxygens (including phenoxy) is 1. The Morgan fingerprint density at radius 1 is 1.56 bits per heavy atom. The van der Waals surface area contributed by atoms with Crippen LogP contribution < -0.4 is 4.74 Å². The molecule has 1 aromatic rings. The van der Waals surface area contributed by atoms with Crippen molar-refractivity contribution in [2.75, 3.05) is 13.2 Å². The van der Waals surface area contributed by atoms with Crippen LogP contribution in [0.5, 0.6) is 5.75 Å². The monoisotopic (exact) mass is 223 g/mol. The second-order valence-corrected chi connectivity index (χ2v) is 3.77. The van der Waals surface area contributed by atoms with Crippen molar-refractivity contribution >= 4 is 5.91 Å². The number of amides is 1. The minimum atomic E-state index is -0.298. The fraction of sp³-hybridized carbons (Fsp3) is 0.417. The Balaban J connectivity index is 2.25. The van der Waals surface area contributed by atoms with Crippen molar-refractivity contribution in [2.24, 2.45) is 0 Å². The van der Waals surface area contributed by atoms with E-state index < -0.39 is 0 Å². The lowest BCUT2D eigenvalue weighted by Gasteiger charge is -2.18. The van der Waals surface area contributed by atoms with E-state index in [0.717, 1.165) is 5.56 Å². The van der Waals surface area contributed by atoms with Crippen LogP contribution in [0.4, 0.5) is 4.39 Å². The van der Waals surface area contributed by atoms with E-state index in [0.29, 0.717) is 31.9 Å². The summed E-state index contributed by atoms with van der Waals surface area (Å²) < 4.78 is 18.5. The van der Waals surface area contributed by atoms with Crippen molar-refractivity contribution in [1.29, 1.82) is 0 Å². The highest BCUT2D eigenvalue weighted by Gasteiger charge is 2.18. The van der Waals surface area contributed by atoms with Crippen LogP contribution in [0.1, 0.15) is 18.9 Å². The van der Waals surface area contributed by atoms with Gasteiger partial charge >= 0.3 is 0 Å². The molecule has 86 valence electrons. The van der Waals surface area contributed by atoms with Crippen molar-refractivity contribution in [3.05, 3.63) is 29.6 Å². The fourth-order valence-electron chi connectivity index (χ4n) is 1.80. The molecule has 3 nitrogen and oxygen atoms in total. The van der Waals surface area contributed by atoms with Crippen molar-refractivity contribution < 1.29 is 13.9 Å². The van der Waals surface area contributed by atoms with Crippen LogP contribution in [0.2, 0.25) is 0 Å². The van der Waals surface area contributed by atoms with Crippen LogP contribution in [0.3, 0.4) is 0 Å². The zero-order valence-corrected chi connectivity index (χ0v) is 9.20. The molecule has 0 saturated carbocycles. The topological polar surface area (TPSA) is 29.5 Å². The summed E-state index contributed by atoms with van der Waals surface area (Å²) >= 11 is 0. The van der Waals surface area contributed by atoms with Gasteiger partial charge in [0.2, 0.25) is 5.91 Å². The first-order valence-electron chi connectivity index (χ1n) is 5.39. The highest BCUT2D eigenvalue weighted by molar-refractivity contribution is 5.76. The van der Waals surface area contributed by atoms with Crippen LogP contribution in [0, 0.1) is 5.82 Å². The number of hydrogen-bond donors (Lipinski definition) is 0. The van der Waals surface area contributed by atoms with E-state index in [2.05, 4.69) is 0 Å². The molecule has 1 heterocycles. The van der Waals surface area contributed by atoms with E-state index in [1.165, 1.54) is 12.1 Å². The molecule has 2 rings (SSSR count). The van der Waals surface area contributed by atoms with E-state index in [9.17, 15) is 9.18 Å². The van der Waals surface area contributed by atoms with Gasteiger partial charge in [0.25, 0.3) is 0 Å². The molecule has 0 spiro atoms. The molecule has 4 heteroatoms. The Morgan fingerprint density at radius 3 is 3.12 bits per heavy atom. The van der Waals surface area contributed by atoms with E-state index in [4.69, 9.17) is 4.74 Å². The Bertz CT molecular complexity index is 406. The van der Waals surface area contributed by atoms with Crippen molar-refractivity contribution in [1.82, 2.24) is 4.90 Å². The molecule has 0 aromatic heterocycles. The van der Waals surface area contributed by atoms with Crippen LogP contribution in [0.15, 0.2) is 18.2 Å². The Morgan fingerprint density at radius 2 is 2.38 bits per heavy atom. The number of hydrogen-bond acceptors (Lipinski definition) is 2. The normalized spacial score (nSPS) is 15.0. The maximum absolute atomic E-state index is 13.1. The highest BCUT2D eigenvalue weighted by Crippen LogP contribution is 2.24. The van der Waals surface area contributed by atoms with Crippen molar-refractivity contribution in [3.63, 3.8) is 0 Å². The third kappa shape index (κ3) is 2.15. The maximum Gasteiger partial charge on any atom is 0.222 e. The van der Waals surface area contributed by atoms with Gasteiger partial charge in [0, 0.05) is 18.5 Å². The van der Waals surface area contributed by atoms with Gasteiger partial charge in [0.1, 0.15) is 18.2 Å². The summed E-state index contributed by atoms with van der Waals surface area (Å²) in [6, 6.07) is 4.41. The first kappa shape index (κ1) is 10.9. The van der Waals surface area contributed by atoms with E-state index in [1.54, 1.807) is 11.0 Å². The first-order valence-corrected chi connectivity index (χ1v) is 5.39. The average Bonchev–Trinajstić information content (AvgIpc) is 2.49. The predicted octanol–water partition coefficient (Wildman–Crippen LogP) is 1.96. The molecule has 0 N–H and O–H groups in total. The van der Waals surface area contributed by atoms with Gasteiger partial charge in [-0.1, -0.05) is 6.92 Å². The van der Waals surface area contributed by atoms with Gasteiger partial charge in [-0.2, -0.15) is 0 Å². The Hall–Kier alpha value is -1.58. The number of benzene rings is 1. The molecule has 0 radical (unpaired) electrons. The standard InChI is InChI=1S/C12H14FNO2/c1-2-12(15)14-5-6-16-11-4-3-10(13)7-9(11)8-14/h3-4,7H,2,5-6,8H2,1H3. The van der Waals surface area contributed by atoms with Crippen LogP contribution in [-0.2, 0) is 11.3 Å². The van der Waals surface area contributed by atoms with E-state index in [1.807, 2.05) is 6.92 Å². The largest absolute Gasteiger partial charge is 0.491 e. The molecule has 0 aliphatic carbocycles. The molecule has 16 heavy (non-hydrogen) atoms. The lowest BCUT2D eigenvalue weighted by Crippen LogP contribution is -2.31. The average molecular weight is 223 g/mol. The smallest absolute Gasteiger partial charge is 0.222 e. The summed E-state index contributed by atoms with van der Waals surface area (Å²) in [5, 5.41) is 0. The molecule has 0 saturated heterocycles. The van der Waals surface area contributed by atoms with Gasteiger partial charge in [-0.3, -0.25) is 4.79 Å². The number of fused-ring (bicyclic) bond motifs is 1. The molecule has 0 atom stereocenters. The van der Waals surface area contributed by atoms with Crippen LogP contribution >= 0.6 is 0 Å². The first-order chi connectivity index (χ1) is 7.70. The van der Waals surface area contributed by atoms with Gasteiger partial charge in [-0.25, -0.2) is 4.39 Å². The molecule has 1 aliphatic rings. The molecule has 1 amide bonds. The van der Waals surface area contributed by atoms with Gasteiger partial charge in [-0.05, 0) is 18.2 Å². The molecular formula is C12H14FNO2. The molecule has 1 aromatic carbocycles. The lowest BCUT2D eigenvalue weighted by atomic mass is 10.2. The van der Waals surface area contributed by atoms with Gasteiger partial charge in [0.05, 0.1) is 6.54 Å². The number of carbonyl (C=O) groups excluding carboxylic acids is 1. The molecule has 0 unspecified atom stereocenters. The van der Waals surface area contributed by atoms with Gasteiger partial charge in [-0.15, -0.1) is 0 Å². The molecule has 1 aliphatic heterocycles. The van der Waals surface area contributed by atoms with Gasteiger partial charge in [0.15, 0.2) is 0 Å². The Kier molecular flexibility index (Phi) is 3.08. The lowest BCUT2D eigenvalue weighted by molar-refractivity contribution is -0.131. The summed E-state index contributed by atoms with van der Waals surface area (Å²) in [7, 11) is 0. The number of carbonyl (C=O) groups is 1. The SMILES string of the molecule is CCC(=O)N1CCOc2ccc(F)cc2C1. The fourth-order valence-corrected chi connectivity index (χ4v) is 1.80. The summed E-state index contributed by atoms with van der Waals surface area (Å²) in [4.78, 5) is 13.3. The quantitative estimate of drug-likeness (QED) is 0.728. The number of nitrogens with zero attached hydrogens (tertiary/aromatic N) is 1. The van der Waals surface area contributed by atoms with Crippen molar-refractivity contribution in [2.45, 2.75) is 19.9 Å². The summed E-state index contributed by atoms with van der Waals surface area (Å²) in [6.07, 6.45) is 0.463. The third-order valence-electron chi connectivity index (χ3n) is 2.66. The van der Waals surface area contributed by atoms with Crippen LogP contribution in [0.25, 0.3) is 0 Å². The number of halogens is 1. The number of rotatable bonds is 1. The van der Waals surface area contributed by atoms with Gasteiger partial charge < -0.3 is 9.64 Å². The zero-order chi connectivity index (χ0) is 11.5.